The highest BCUT2D eigenvalue weighted by Gasteiger charge is 2.16. The number of rotatable bonds is 7. The Morgan fingerprint density at radius 2 is 2.00 bits per heavy atom. The van der Waals surface area contributed by atoms with Crippen molar-refractivity contribution in [2.75, 3.05) is 6.54 Å². The van der Waals surface area contributed by atoms with E-state index in [2.05, 4.69) is 22.2 Å². The lowest BCUT2D eigenvalue weighted by Gasteiger charge is -2.18. The highest BCUT2D eigenvalue weighted by molar-refractivity contribution is 5.21. The topological polar surface area (TPSA) is 40.7 Å². The highest BCUT2D eigenvalue weighted by atomic mass is 19.1. The zero-order valence-corrected chi connectivity index (χ0v) is 11.5. The molecule has 0 saturated carbocycles. The molecule has 1 unspecified atom stereocenters. The Balaban J connectivity index is 2.10. The number of aromatic nitrogens is 2. The van der Waals surface area contributed by atoms with E-state index < -0.39 is 11.6 Å². The van der Waals surface area contributed by atoms with E-state index in [-0.39, 0.29) is 11.6 Å². The largest absolute Gasteiger partial charge is 0.349 e. The maximum atomic E-state index is 13.7. The van der Waals surface area contributed by atoms with Crippen LogP contribution in [0.15, 0.2) is 30.6 Å². The van der Waals surface area contributed by atoms with Gasteiger partial charge in [-0.25, -0.2) is 13.8 Å². The van der Waals surface area contributed by atoms with Crippen molar-refractivity contribution in [3.05, 3.63) is 53.6 Å². The number of aromatic amines is 1. The summed E-state index contributed by atoms with van der Waals surface area (Å²) >= 11 is 0. The summed E-state index contributed by atoms with van der Waals surface area (Å²) in [6.45, 7) is 2.86. The lowest BCUT2D eigenvalue weighted by atomic mass is 10.0. The normalized spacial score (nSPS) is 12.6. The molecule has 0 bridgehead atoms. The van der Waals surface area contributed by atoms with Gasteiger partial charge in [-0.3, -0.25) is 0 Å². The first kappa shape index (κ1) is 14.7. The second-order valence-corrected chi connectivity index (χ2v) is 4.80. The first-order valence-corrected chi connectivity index (χ1v) is 6.85. The summed E-state index contributed by atoms with van der Waals surface area (Å²) in [4.78, 5) is 7.19. The molecule has 20 heavy (non-hydrogen) atoms. The van der Waals surface area contributed by atoms with Crippen LogP contribution in [-0.2, 0) is 12.8 Å². The average Bonchev–Trinajstić information content (AvgIpc) is 2.93. The number of nitrogens with one attached hydrogen (secondary N) is 2. The van der Waals surface area contributed by atoms with Gasteiger partial charge in [0.25, 0.3) is 0 Å². The standard InChI is InChI=1S/C15H19F2N3/c1-2-6-18-11(10-15-19-7-8-20-15)9-12-13(16)4-3-5-14(12)17/h3-5,7-8,11,18H,2,6,9-10H2,1H3,(H,19,20). The third kappa shape index (κ3) is 3.87. The van der Waals surface area contributed by atoms with Crippen LogP contribution in [0.25, 0.3) is 0 Å². The molecule has 108 valence electrons. The number of halogens is 2. The molecule has 0 aliphatic rings. The van der Waals surface area contributed by atoms with E-state index >= 15 is 0 Å². The second-order valence-electron chi connectivity index (χ2n) is 4.80. The van der Waals surface area contributed by atoms with E-state index in [1.54, 1.807) is 12.4 Å². The van der Waals surface area contributed by atoms with Gasteiger partial charge in [0.05, 0.1) is 0 Å². The Morgan fingerprint density at radius 1 is 1.25 bits per heavy atom. The Morgan fingerprint density at radius 3 is 2.60 bits per heavy atom. The minimum atomic E-state index is -0.493. The fraction of sp³-hybridized carbons (Fsp3) is 0.400. The van der Waals surface area contributed by atoms with Gasteiger partial charge in [-0.15, -0.1) is 0 Å². The molecule has 2 N–H and O–H groups in total. The minimum absolute atomic E-state index is 0.0486. The molecule has 2 aromatic rings. The molecular weight excluding hydrogens is 260 g/mol. The molecule has 0 radical (unpaired) electrons. The van der Waals surface area contributed by atoms with Crippen molar-refractivity contribution in [3.63, 3.8) is 0 Å². The van der Waals surface area contributed by atoms with Crippen LogP contribution in [0, 0.1) is 11.6 Å². The summed E-state index contributed by atoms with van der Waals surface area (Å²) in [7, 11) is 0. The predicted molar refractivity (Wildman–Crippen MR) is 74.4 cm³/mol. The number of H-pyrrole nitrogens is 1. The molecule has 0 spiro atoms. The fourth-order valence-electron chi connectivity index (χ4n) is 2.18. The molecule has 0 aliphatic heterocycles. The Labute approximate surface area is 117 Å². The summed E-state index contributed by atoms with van der Waals surface area (Å²) in [6.07, 6.45) is 5.31. The van der Waals surface area contributed by atoms with Crippen LogP contribution in [0.5, 0.6) is 0 Å². The van der Waals surface area contributed by atoms with E-state index in [9.17, 15) is 8.78 Å². The highest BCUT2D eigenvalue weighted by Crippen LogP contribution is 2.15. The Hall–Kier alpha value is -1.75. The Bertz CT molecular complexity index is 506. The van der Waals surface area contributed by atoms with Gasteiger partial charge in [-0.1, -0.05) is 13.0 Å². The van der Waals surface area contributed by atoms with E-state index in [0.29, 0.717) is 12.8 Å². The maximum Gasteiger partial charge on any atom is 0.129 e. The van der Waals surface area contributed by atoms with Crippen molar-refractivity contribution in [2.45, 2.75) is 32.2 Å². The van der Waals surface area contributed by atoms with Gasteiger partial charge in [-0.05, 0) is 31.5 Å². The summed E-state index contributed by atoms with van der Waals surface area (Å²) in [5.74, 6) is -0.171. The zero-order valence-electron chi connectivity index (χ0n) is 11.5. The monoisotopic (exact) mass is 279 g/mol. The number of hydrogen-bond acceptors (Lipinski definition) is 2. The first-order valence-electron chi connectivity index (χ1n) is 6.85. The van der Waals surface area contributed by atoms with Crippen LogP contribution in [0.2, 0.25) is 0 Å². The molecule has 1 aromatic heterocycles. The van der Waals surface area contributed by atoms with Crippen LogP contribution >= 0.6 is 0 Å². The lowest BCUT2D eigenvalue weighted by Crippen LogP contribution is -2.34. The fourth-order valence-corrected chi connectivity index (χ4v) is 2.18. The average molecular weight is 279 g/mol. The van der Waals surface area contributed by atoms with Crippen LogP contribution in [0.4, 0.5) is 8.78 Å². The third-order valence-electron chi connectivity index (χ3n) is 3.19. The maximum absolute atomic E-state index is 13.7. The molecule has 1 aromatic carbocycles. The van der Waals surface area contributed by atoms with Crippen molar-refractivity contribution in [2.24, 2.45) is 0 Å². The quantitative estimate of drug-likeness (QED) is 0.818. The first-order chi connectivity index (χ1) is 9.70. The molecular formula is C15H19F2N3. The van der Waals surface area contributed by atoms with Crippen LogP contribution in [0.3, 0.4) is 0 Å². The Kier molecular flexibility index (Phi) is 5.24. The van der Waals surface area contributed by atoms with Crippen molar-refractivity contribution >= 4 is 0 Å². The number of benzene rings is 1. The smallest absolute Gasteiger partial charge is 0.129 e. The van der Waals surface area contributed by atoms with Gasteiger partial charge in [-0.2, -0.15) is 0 Å². The van der Waals surface area contributed by atoms with E-state index in [0.717, 1.165) is 18.8 Å². The van der Waals surface area contributed by atoms with Gasteiger partial charge in [0.1, 0.15) is 17.5 Å². The van der Waals surface area contributed by atoms with Gasteiger partial charge < -0.3 is 10.3 Å². The summed E-state index contributed by atoms with van der Waals surface area (Å²) in [6, 6.07) is 3.92. The minimum Gasteiger partial charge on any atom is -0.349 e. The van der Waals surface area contributed by atoms with Crippen molar-refractivity contribution in [1.82, 2.24) is 15.3 Å². The summed E-state index contributed by atoms with van der Waals surface area (Å²) < 4.78 is 27.4. The number of nitrogens with zero attached hydrogens (tertiary/aromatic N) is 1. The van der Waals surface area contributed by atoms with E-state index in [4.69, 9.17) is 0 Å². The molecule has 1 atom stereocenters. The van der Waals surface area contributed by atoms with E-state index in [1.165, 1.54) is 18.2 Å². The summed E-state index contributed by atoms with van der Waals surface area (Å²) in [5.41, 5.74) is 0.132. The molecule has 3 nitrogen and oxygen atoms in total. The van der Waals surface area contributed by atoms with Crippen molar-refractivity contribution in [3.8, 4) is 0 Å². The van der Waals surface area contributed by atoms with Gasteiger partial charge >= 0.3 is 0 Å². The number of imidazole rings is 1. The van der Waals surface area contributed by atoms with Crippen molar-refractivity contribution < 1.29 is 8.78 Å². The number of hydrogen-bond donors (Lipinski definition) is 2. The van der Waals surface area contributed by atoms with Crippen molar-refractivity contribution in [1.29, 1.82) is 0 Å². The van der Waals surface area contributed by atoms with Crippen LogP contribution in [0.1, 0.15) is 24.7 Å². The molecule has 0 saturated heterocycles. The van der Waals surface area contributed by atoms with Gasteiger partial charge in [0.2, 0.25) is 0 Å². The van der Waals surface area contributed by atoms with Gasteiger partial charge in [0, 0.05) is 30.4 Å². The molecule has 2 rings (SSSR count). The zero-order chi connectivity index (χ0) is 14.4. The van der Waals surface area contributed by atoms with Crippen LogP contribution in [-0.4, -0.2) is 22.6 Å². The lowest BCUT2D eigenvalue weighted by molar-refractivity contribution is 0.469. The second kappa shape index (κ2) is 7.14. The predicted octanol–water partition coefficient (Wildman–Crippen LogP) is 2.84. The SMILES string of the molecule is CCCNC(Cc1ncc[nH]1)Cc1c(F)cccc1F. The molecule has 5 heteroatoms. The van der Waals surface area contributed by atoms with Crippen LogP contribution < -0.4 is 5.32 Å². The summed E-state index contributed by atoms with van der Waals surface area (Å²) in [5, 5.41) is 3.32. The van der Waals surface area contributed by atoms with Gasteiger partial charge in [0.15, 0.2) is 0 Å². The molecule has 0 amide bonds. The van der Waals surface area contributed by atoms with E-state index in [1.807, 2.05) is 0 Å². The third-order valence-corrected chi connectivity index (χ3v) is 3.19. The molecule has 0 aliphatic carbocycles. The molecule has 1 heterocycles. The molecule has 0 fully saturated rings.